The summed E-state index contributed by atoms with van der Waals surface area (Å²) < 4.78 is 11.9. The molecule has 2 N–H and O–H groups in total. The van der Waals surface area contributed by atoms with Crippen molar-refractivity contribution in [3.05, 3.63) is 40.4 Å². The number of nitrogens with two attached hydrogens (primary N) is 1. The van der Waals surface area contributed by atoms with Crippen LogP contribution in [-0.4, -0.2) is 12.1 Å². The van der Waals surface area contributed by atoms with Gasteiger partial charge in [-0.05, 0) is 46.6 Å². The number of hydrogen-bond acceptors (Lipinski definition) is 4. The van der Waals surface area contributed by atoms with Crippen molar-refractivity contribution in [3.8, 4) is 17.2 Å². The first kappa shape index (κ1) is 13.0. The number of ether oxygens (including phenoxy) is 1. The lowest BCUT2D eigenvalue weighted by Crippen LogP contribution is -1.91. The monoisotopic (exact) mass is 332 g/mol. The SMILES string of the molecule is COc1cc(Br)c2oc(-c3cccc(N)c3C)nc2c1. The van der Waals surface area contributed by atoms with Crippen molar-refractivity contribution >= 4 is 32.7 Å². The molecule has 0 aliphatic rings. The normalized spacial score (nSPS) is 10.9. The molecular weight excluding hydrogens is 320 g/mol. The van der Waals surface area contributed by atoms with Crippen molar-refractivity contribution in [1.29, 1.82) is 0 Å². The Morgan fingerprint density at radius 2 is 2.10 bits per heavy atom. The van der Waals surface area contributed by atoms with Gasteiger partial charge in [0.15, 0.2) is 5.58 Å². The van der Waals surface area contributed by atoms with Crippen LogP contribution in [0.3, 0.4) is 0 Å². The Hall–Kier alpha value is -2.01. The molecule has 0 saturated heterocycles. The van der Waals surface area contributed by atoms with Gasteiger partial charge in [0, 0.05) is 17.3 Å². The van der Waals surface area contributed by atoms with E-state index in [1.165, 1.54) is 0 Å². The number of hydrogen-bond donors (Lipinski definition) is 1. The molecule has 1 aromatic heterocycles. The summed E-state index contributed by atoms with van der Waals surface area (Å²) >= 11 is 3.47. The Morgan fingerprint density at radius 3 is 2.85 bits per heavy atom. The van der Waals surface area contributed by atoms with Crippen LogP contribution in [0.4, 0.5) is 5.69 Å². The number of oxazole rings is 1. The summed E-state index contributed by atoms with van der Waals surface area (Å²) in [6, 6.07) is 9.39. The summed E-state index contributed by atoms with van der Waals surface area (Å²) in [6.45, 7) is 1.95. The molecule has 0 aliphatic heterocycles. The van der Waals surface area contributed by atoms with Crippen LogP contribution in [0.5, 0.6) is 5.75 Å². The number of halogens is 1. The molecule has 2 aromatic carbocycles. The van der Waals surface area contributed by atoms with Crippen molar-refractivity contribution in [1.82, 2.24) is 4.98 Å². The summed E-state index contributed by atoms with van der Waals surface area (Å²) in [5, 5.41) is 0. The Kier molecular flexibility index (Phi) is 3.14. The summed E-state index contributed by atoms with van der Waals surface area (Å²) in [5.74, 6) is 1.28. The highest BCUT2D eigenvalue weighted by molar-refractivity contribution is 9.10. The van der Waals surface area contributed by atoms with E-state index in [9.17, 15) is 0 Å². The molecule has 1 heterocycles. The highest BCUT2D eigenvalue weighted by Crippen LogP contribution is 2.34. The predicted octanol–water partition coefficient (Wildman–Crippen LogP) is 4.16. The van der Waals surface area contributed by atoms with Gasteiger partial charge in [-0.1, -0.05) is 6.07 Å². The zero-order chi connectivity index (χ0) is 14.3. The average Bonchev–Trinajstić information content (AvgIpc) is 2.86. The molecule has 3 aromatic rings. The molecule has 0 amide bonds. The molecule has 0 saturated carbocycles. The fraction of sp³-hybridized carbons (Fsp3) is 0.133. The highest BCUT2D eigenvalue weighted by atomic mass is 79.9. The number of aromatic nitrogens is 1. The van der Waals surface area contributed by atoms with Crippen molar-refractivity contribution in [2.45, 2.75) is 6.92 Å². The van der Waals surface area contributed by atoms with Gasteiger partial charge in [0.25, 0.3) is 0 Å². The van der Waals surface area contributed by atoms with E-state index in [0.29, 0.717) is 11.5 Å². The largest absolute Gasteiger partial charge is 0.497 e. The number of anilines is 1. The van der Waals surface area contributed by atoms with Gasteiger partial charge in [0.1, 0.15) is 11.3 Å². The van der Waals surface area contributed by atoms with Crippen molar-refractivity contribution < 1.29 is 9.15 Å². The molecule has 0 spiro atoms. The molecule has 0 unspecified atom stereocenters. The third-order valence-corrected chi connectivity index (χ3v) is 3.85. The molecular formula is C15H13BrN2O2. The highest BCUT2D eigenvalue weighted by Gasteiger charge is 2.14. The minimum Gasteiger partial charge on any atom is -0.497 e. The molecule has 0 bridgehead atoms. The quantitative estimate of drug-likeness (QED) is 0.716. The molecule has 0 fully saturated rings. The first-order valence-corrected chi connectivity index (χ1v) is 6.89. The predicted molar refractivity (Wildman–Crippen MR) is 82.8 cm³/mol. The van der Waals surface area contributed by atoms with E-state index in [2.05, 4.69) is 20.9 Å². The summed E-state index contributed by atoms with van der Waals surface area (Å²) in [6.07, 6.45) is 0. The molecule has 102 valence electrons. The summed E-state index contributed by atoms with van der Waals surface area (Å²) in [7, 11) is 1.62. The van der Waals surface area contributed by atoms with Gasteiger partial charge in [-0.15, -0.1) is 0 Å². The van der Waals surface area contributed by atoms with Gasteiger partial charge in [-0.2, -0.15) is 0 Å². The second-order valence-electron chi connectivity index (χ2n) is 4.50. The maximum Gasteiger partial charge on any atom is 0.227 e. The van der Waals surface area contributed by atoms with Crippen LogP contribution in [0.1, 0.15) is 5.56 Å². The van der Waals surface area contributed by atoms with Crippen LogP contribution in [0, 0.1) is 6.92 Å². The number of nitrogen functional groups attached to an aromatic ring is 1. The molecule has 4 nitrogen and oxygen atoms in total. The smallest absolute Gasteiger partial charge is 0.227 e. The average molecular weight is 333 g/mol. The Morgan fingerprint density at radius 1 is 1.30 bits per heavy atom. The lowest BCUT2D eigenvalue weighted by molar-refractivity contribution is 0.415. The second-order valence-corrected chi connectivity index (χ2v) is 5.35. The first-order valence-electron chi connectivity index (χ1n) is 6.09. The van der Waals surface area contributed by atoms with E-state index in [0.717, 1.165) is 32.6 Å². The van der Waals surface area contributed by atoms with Gasteiger partial charge in [-0.3, -0.25) is 0 Å². The van der Waals surface area contributed by atoms with Crippen molar-refractivity contribution in [2.24, 2.45) is 0 Å². The van der Waals surface area contributed by atoms with E-state index in [1.807, 2.05) is 37.3 Å². The molecule has 0 radical (unpaired) electrons. The van der Waals surface area contributed by atoms with Gasteiger partial charge in [0.05, 0.1) is 11.6 Å². The standard InChI is InChI=1S/C15H13BrN2O2/c1-8-10(4-3-5-12(8)17)15-18-13-7-9(19-2)6-11(16)14(13)20-15/h3-7H,17H2,1-2H3. The minimum absolute atomic E-state index is 0.554. The second kappa shape index (κ2) is 4.83. The minimum atomic E-state index is 0.554. The van der Waals surface area contributed by atoms with Crippen LogP contribution in [-0.2, 0) is 0 Å². The van der Waals surface area contributed by atoms with Gasteiger partial charge >= 0.3 is 0 Å². The fourth-order valence-corrected chi connectivity index (χ4v) is 2.60. The van der Waals surface area contributed by atoms with Gasteiger partial charge < -0.3 is 14.9 Å². The van der Waals surface area contributed by atoms with E-state index < -0.39 is 0 Å². The van der Waals surface area contributed by atoms with Crippen LogP contribution in [0.25, 0.3) is 22.6 Å². The number of nitrogens with zero attached hydrogens (tertiary/aromatic N) is 1. The molecule has 20 heavy (non-hydrogen) atoms. The summed E-state index contributed by atoms with van der Waals surface area (Å²) in [4.78, 5) is 4.52. The Bertz CT molecular complexity index is 796. The van der Waals surface area contributed by atoms with Crippen LogP contribution in [0.15, 0.2) is 39.2 Å². The van der Waals surface area contributed by atoms with E-state index in [1.54, 1.807) is 7.11 Å². The zero-order valence-corrected chi connectivity index (χ0v) is 12.7. The van der Waals surface area contributed by atoms with E-state index in [-0.39, 0.29) is 0 Å². The van der Waals surface area contributed by atoms with Crippen LogP contribution < -0.4 is 10.5 Å². The lowest BCUT2D eigenvalue weighted by Gasteiger charge is -2.03. The lowest BCUT2D eigenvalue weighted by atomic mass is 10.1. The Balaban J connectivity index is 2.23. The zero-order valence-electron chi connectivity index (χ0n) is 11.1. The van der Waals surface area contributed by atoms with Crippen molar-refractivity contribution in [3.63, 3.8) is 0 Å². The fourth-order valence-electron chi connectivity index (χ4n) is 2.09. The van der Waals surface area contributed by atoms with Crippen molar-refractivity contribution in [2.75, 3.05) is 12.8 Å². The molecule has 0 aliphatic carbocycles. The number of methoxy groups -OCH3 is 1. The summed E-state index contributed by atoms with van der Waals surface area (Å²) in [5.41, 5.74) is 9.95. The van der Waals surface area contributed by atoms with Crippen LogP contribution in [0.2, 0.25) is 0 Å². The third kappa shape index (κ3) is 2.04. The van der Waals surface area contributed by atoms with E-state index >= 15 is 0 Å². The van der Waals surface area contributed by atoms with Gasteiger partial charge in [0.2, 0.25) is 5.89 Å². The van der Waals surface area contributed by atoms with E-state index in [4.69, 9.17) is 14.9 Å². The maximum atomic E-state index is 5.93. The number of fused-ring (bicyclic) bond motifs is 1. The Labute approximate surface area is 124 Å². The molecule has 0 atom stereocenters. The first-order chi connectivity index (χ1) is 9.60. The third-order valence-electron chi connectivity index (χ3n) is 3.26. The molecule has 3 rings (SSSR count). The number of benzene rings is 2. The topological polar surface area (TPSA) is 61.3 Å². The van der Waals surface area contributed by atoms with Gasteiger partial charge in [-0.25, -0.2) is 4.98 Å². The maximum absolute atomic E-state index is 5.93. The molecule has 5 heteroatoms. The van der Waals surface area contributed by atoms with Crippen LogP contribution >= 0.6 is 15.9 Å². The number of rotatable bonds is 2.